The molecular formula is C6H11NO4. The van der Waals surface area contributed by atoms with E-state index in [1.165, 1.54) is 13.8 Å². The number of carboxylic acids is 1. The summed E-state index contributed by atoms with van der Waals surface area (Å²) in [4.78, 5) is 20.9. The Balaban J connectivity index is 4.34. The number of amides is 1. The van der Waals surface area contributed by atoms with Gasteiger partial charge in [0.2, 0.25) is 5.91 Å². The van der Waals surface area contributed by atoms with Gasteiger partial charge in [-0.05, 0) is 6.92 Å². The van der Waals surface area contributed by atoms with Gasteiger partial charge in [-0.2, -0.15) is 0 Å². The molecule has 0 saturated carbocycles. The van der Waals surface area contributed by atoms with Gasteiger partial charge in [0.15, 0.2) is 5.54 Å². The number of nitrogens with one attached hydrogen (secondary N) is 1. The van der Waals surface area contributed by atoms with Crippen molar-refractivity contribution in [2.24, 2.45) is 0 Å². The molecule has 0 radical (unpaired) electrons. The van der Waals surface area contributed by atoms with Gasteiger partial charge in [-0.15, -0.1) is 0 Å². The van der Waals surface area contributed by atoms with Crippen molar-refractivity contribution in [3.63, 3.8) is 0 Å². The Kier molecular flexibility index (Phi) is 3.00. The van der Waals surface area contributed by atoms with Crippen LogP contribution in [0.4, 0.5) is 0 Å². The highest BCUT2D eigenvalue weighted by Gasteiger charge is 2.32. The summed E-state index contributed by atoms with van der Waals surface area (Å²) in [5.41, 5.74) is -1.56. The molecule has 5 heteroatoms. The molecule has 0 spiro atoms. The van der Waals surface area contributed by atoms with Crippen molar-refractivity contribution in [1.29, 1.82) is 0 Å². The molecule has 64 valence electrons. The molecule has 0 heterocycles. The SMILES string of the molecule is CC(=O)NC(C)(CO)C(=O)O. The third kappa shape index (κ3) is 2.55. The van der Waals surface area contributed by atoms with E-state index >= 15 is 0 Å². The van der Waals surface area contributed by atoms with Gasteiger partial charge in [0, 0.05) is 6.92 Å². The summed E-state index contributed by atoms with van der Waals surface area (Å²) in [6, 6.07) is 0. The van der Waals surface area contributed by atoms with E-state index in [9.17, 15) is 9.59 Å². The molecule has 0 saturated heterocycles. The summed E-state index contributed by atoms with van der Waals surface area (Å²) in [7, 11) is 0. The maximum absolute atomic E-state index is 10.4. The normalized spacial score (nSPS) is 15.2. The number of aliphatic carboxylic acids is 1. The summed E-state index contributed by atoms with van der Waals surface area (Å²) in [5, 5.41) is 19.2. The zero-order valence-electron chi connectivity index (χ0n) is 6.42. The van der Waals surface area contributed by atoms with Gasteiger partial charge in [0.25, 0.3) is 0 Å². The molecule has 5 nitrogen and oxygen atoms in total. The summed E-state index contributed by atoms with van der Waals surface area (Å²) in [6.45, 7) is 1.80. The van der Waals surface area contributed by atoms with Crippen LogP contribution in [0.1, 0.15) is 13.8 Å². The van der Waals surface area contributed by atoms with Gasteiger partial charge in [0.1, 0.15) is 0 Å². The van der Waals surface area contributed by atoms with E-state index in [1.807, 2.05) is 0 Å². The van der Waals surface area contributed by atoms with Crippen LogP contribution in [0.3, 0.4) is 0 Å². The number of aliphatic hydroxyl groups is 1. The Morgan fingerprint density at radius 1 is 1.55 bits per heavy atom. The largest absolute Gasteiger partial charge is 0.479 e. The zero-order valence-corrected chi connectivity index (χ0v) is 6.42. The standard InChI is InChI=1S/C6H11NO4/c1-4(9)7-6(2,3-8)5(10)11/h8H,3H2,1-2H3,(H,7,9)(H,10,11). The van der Waals surface area contributed by atoms with Crippen molar-refractivity contribution in [1.82, 2.24) is 5.32 Å². The summed E-state index contributed by atoms with van der Waals surface area (Å²) < 4.78 is 0. The van der Waals surface area contributed by atoms with Crippen molar-refractivity contribution in [3.05, 3.63) is 0 Å². The molecule has 1 unspecified atom stereocenters. The first-order chi connectivity index (χ1) is 4.92. The first-order valence-corrected chi connectivity index (χ1v) is 3.05. The highest BCUT2D eigenvalue weighted by Crippen LogP contribution is 2.01. The maximum atomic E-state index is 10.4. The van der Waals surface area contributed by atoms with Crippen LogP contribution in [0.15, 0.2) is 0 Å². The van der Waals surface area contributed by atoms with Crippen molar-refractivity contribution >= 4 is 11.9 Å². The summed E-state index contributed by atoms with van der Waals surface area (Å²) in [5.74, 6) is -1.74. The topological polar surface area (TPSA) is 86.6 Å². The maximum Gasteiger partial charge on any atom is 0.331 e. The van der Waals surface area contributed by atoms with E-state index in [1.54, 1.807) is 0 Å². The van der Waals surface area contributed by atoms with Gasteiger partial charge < -0.3 is 15.5 Å². The van der Waals surface area contributed by atoms with E-state index in [-0.39, 0.29) is 0 Å². The van der Waals surface area contributed by atoms with Crippen LogP contribution in [0.5, 0.6) is 0 Å². The minimum atomic E-state index is -1.56. The zero-order chi connectivity index (χ0) is 9.07. The number of aliphatic hydroxyl groups excluding tert-OH is 1. The number of carbonyl (C=O) groups is 2. The number of hydrogen-bond acceptors (Lipinski definition) is 3. The molecule has 1 amide bonds. The Bertz CT molecular complexity index is 179. The fourth-order valence-corrected chi connectivity index (χ4v) is 0.549. The highest BCUT2D eigenvalue weighted by atomic mass is 16.4. The van der Waals surface area contributed by atoms with Crippen LogP contribution >= 0.6 is 0 Å². The average molecular weight is 161 g/mol. The lowest BCUT2D eigenvalue weighted by Gasteiger charge is -2.22. The molecule has 1 atom stereocenters. The minimum Gasteiger partial charge on any atom is -0.479 e. The van der Waals surface area contributed by atoms with Gasteiger partial charge >= 0.3 is 5.97 Å². The molecule has 0 aromatic heterocycles. The van der Waals surface area contributed by atoms with Crippen LogP contribution in [0.25, 0.3) is 0 Å². The molecule has 0 fully saturated rings. The average Bonchev–Trinajstić information content (AvgIpc) is 1.86. The fourth-order valence-electron chi connectivity index (χ4n) is 0.549. The first-order valence-electron chi connectivity index (χ1n) is 3.05. The molecule has 0 aliphatic heterocycles. The third-order valence-corrected chi connectivity index (χ3v) is 1.24. The predicted molar refractivity (Wildman–Crippen MR) is 36.9 cm³/mol. The van der Waals surface area contributed by atoms with Gasteiger partial charge in [0.05, 0.1) is 6.61 Å². The Labute approximate surface area is 64.0 Å². The van der Waals surface area contributed by atoms with E-state index in [0.717, 1.165) is 0 Å². The second kappa shape index (κ2) is 3.34. The Morgan fingerprint density at radius 2 is 2.00 bits per heavy atom. The summed E-state index contributed by atoms with van der Waals surface area (Å²) >= 11 is 0. The van der Waals surface area contributed by atoms with Crippen LogP contribution in [-0.4, -0.2) is 34.2 Å². The molecule has 0 aromatic rings. The first kappa shape index (κ1) is 9.90. The molecule has 3 N–H and O–H groups in total. The fraction of sp³-hybridized carbons (Fsp3) is 0.667. The lowest BCUT2D eigenvalue weighted by Crippen LogP contribution is -2.54. The van der Waals surface area contributed by atoms with E-state index in [4.69, 9.17) is 10.2 Å². The van der Waals surface area contributed by atoms with Crippen LogP contribution in [0.2, 0.25) is 0 Å². The van der Waals surface area contributed by atoms with E-state index in [0.29, 0.717) is 0 Å². The van der Waals surface area contributed by atoms with Gasteiger partial charge in [-0.3, -0.25) is 4.79 Å². The quantitative estimate of drug-likeness (QED) is 0.493. The Hall–Kier alpha value is -1.10. The van der Waals surface area contributed by atoms with Crippen LogP contribution in [-0.2, 0) is 9.59 Å². The van der Waals surface area contributed by atoms with Crippen LogP contribution in [0, 0.1) is 0 Å². The van der Waals surface area contributed by atoms with E-state index < -0.39 is 24.0 Å². The van der Waals surface area contributed by atoms with E-state index in [2.05, 4.69) is 5.32 Å². The highest BCUT2D eigenvalue weighted by molar-refractivity contribution is 5.85. The second-order valence-electron chi connectivity index (χ2n) is 2.48. The number of carboxylic acid groups (broad SMARTS) is 1. The predicted octanol–water partition coefficient (Wildman–Crippen LogP) is -1.04. The van der Waals surface area contributed by atoms with Crippen molar-refractivity contribution in [2.45, 2.75) is 19.4 Å². The molecule has 0 bridgehead atoms. The smallest absolute Gasteiger partial charge is 0.331 e. The number of rotatable bonds is 3. The van der Waals surface area contributed by atoms with Crippen molar-refractivity contribution in [2.75, 3.05) is 6.61 Å². The van der Waals surface area contributed by atoms with Crippen molar-refractivity contribution in [3.8, 4) is 0 Å². The number of hydrogen-bond donors (Lipinski definition) is 3. The van der Waals surface area contributed by atoms with Crippen molar-refractivity contribution < 1.29 is 19.8 Å². The molecule has 0 aromatic carbocycles. The van der Waals surface area contributed by atoms with Gasteiger partial charge in [-0.25, -0.2) is 4.79 Å². The van der Waals surface area contributed by atoms with Crippen LogP contribution < -0.4 is 5.32 Å². The summed E-state index contributed by atoms with van der Waals surface area (Å²) in [6.07, 6.45) is 0. The molecular weight excluding hydrogens is 150 g/mol. The minimum absolute atomic E-state index is 0.482. The lowest BCUT2D eigenvalue weighted by molar-refractivity contribution is -0.148. The monoisotopic (exact) mass is 161 g/mol. The molecule has 11 heavy (non-hydrogen) atoms. The third-order valence-electron chi connectivity index (χ3n) is 1.24. The molecule has 0 aliphatic carbocycles. The number of carbonyl (C=O) groups excluding carboxylic acids is 1. The molecule has 0 rings (SSSR count). The van der Waals surface area contributed by atoms with Gasteiger partial charge in [-0.1, -0.05) is 0 Å². The second-order valence-corrected chi connectivity index (χ2v) is 2.48. The molecule has 0 aliphatic rings. The lowest BCUT2D eigenvalue weighted by atomic mass is 10.1. The Morgan fingerprint density at radius 3 is 2.09 bits per heavy atom.